The standard InChI is InChI=1S/C20H19N3O3S2/c1-2-26-15-7-5-14(6-8-15)23-11-13(10-18(23)24)19(25)22-20-21-16(12-28-20)17-4-3-9-27-17/h3-9,12-13H,2,10-11H2,1H3,(H,21,22,25). The topological polar surface area (TPSA) is 71.5 Å². The Morgan fingerprint density at radius 3 is 2.82 bits per heavy atom. The number of carbonyl (C=O) groups excluding carboxylic acids is 2. The molecular weight excluding hydrogens is 394 g/mol. The maximum absolute atomic E-state index is 12.6. The first-order valence-corrected chi connectivity index (χ1v) is 10.7. The van der Waals surface area contributed by atoms with Crippen molar-refractivity contribution in [3.8, 4) is 16.3 Å². The van der Waals surface area contributed by atoms with Gasteiger partial charge in [0.25, 0.3) is 0 Å². The molecule has 0 spiro atoms. The van der Waals surface area contributed by atoms with Crippen LogP contribution in [-0.4, -0.2) is 29.9 Å². The first-order chi connectivity index (χ1) is 13.6. The molecule has 0 bridgehead atoms. The van der Waals surface area contributed by atoms with Crippen molar-refractivity contribution < 1.29 is 14.3 Å². The number of anilines is 2. The number of aromatic nitrogens is 1. The van der Waals surface area contributed by atoms with Crippen LogP contribution in [0.15, 0.2) is 47.2 Å². The molecule has 3 heterocycles. The maximum atomic E-state index is 12.6. The molecule has 2 aromatic heterocycles. The summed E-state index contributed by atoms with van der Waals surface area (Å²) in [5.74, 6) is 0.141. The summed E-state index contributed by atoms with van der Waals surface area (Å²) >= 11 is 3.00. The highest BCUT2D eigenvalue weighted by atomic mass is 32.1. The Morgan fingerprint density at radius 1 is 1.29 bits per heavy atom. The zero-order valence-corrected chi connectivity index (χ0v) is 16.9. The molecule has 1 aliphatic rings. The van der Waals surface area contributed by atoms with Crippen molar-refractivity contribution in [2.75, 3.05) is 23.4 Å². The summed E-state index contributed by atoms with van der Waals surface area (Å²) in [6, 6.07) is 11.3. The summed E-state index contributed by atoms with van der Waals surface area (Å²) in [6.45, 7) is 2.88. The van der Waals surface area contributed by atoms with E-state index in [1.54, 1.807) is 16.2 Å². The van der Waals surface area contributed by atoms with Gasteiger partial charge in [0.2, 0.25) is 11.8 Å². The van der Waals surface area contributed by atoms with Crippen molar-refractivity contribution in [3.05, 3.63) is 47.2 Å². The molecular formula is C20H19N3O3S2. The number of hydrogen-bond acceptors (Lipinski definition) is 6. The molecule has 6 nitrogen and oxygen atoms in total. The number of nitrogens with zero attached hydrogens (tertiary/aromatic N) is 2. The molecule has 0 aliphatic carbocycles. The van der Waals surface area contributed by atoms with Gasteiger partial charge in [0, 0.05) is 24.0 Å². The van der Waals surface area contributed by atoms with Crippen molar-refractivity contribution in [1.82, 2.24) is 4.98 Å². The second-order valence-corrected chi connectivity index (χ2v) is 8.14. The van der Waals surface area contributed by atoms with Crippen molar-refractivity contribution in [2.24, 2.45) is 5.92 Å². The lowest BCUT2D eigenvalue weighted by molar-refractivity contribution is -0.122. The molecule has 1 atom stereocenters. The minimum absolute atomic E-state index is 0.0530. The van der Waals surface area contributed by atoms with Crippen molar-refractivity contribution in [1.29, 1.82) is 0 Å². The number of thiazole rings is 1. The smallest absolute Gasteiger partial charge is 0.231 e. The number of rotatable bonds is 6. The van der Waals surface area contributed by atoms with Gasteiger partial charge in [-0.05, 0) is 42.6 Å². The van der Waals surface area contributed by atoms with Gasteiger partial charge in [-0.3, -0.25) is 9.59 Å². The van der Waals surface area contributed by atoms with Crippen LogP contribution in [0.25, 0.3) is 10.6 Å². The third-order valence-electron chi connectivity index (χ3n) is 4.46. The summed E-state index contributed by atoms with van der Waals surface area (Å²) in [7, 11) is 0. The quantitative estimate of drug-likeness (QED) is 0.655. The summed E-state index contributed by atoms with van der Waals surface area (Å²) in [5.41, 5.74) is 1.63. The molecule has 1 saturated heterocycles. The van der Waals surface area contributed by atoms with Gasteiger partial charge in [-0.15, -0.1) is 22.7 Å². The van der Waals surface area contributed by atoms with Gasteiger partial charge >= 0.3 is 0 Å². The fourth-order valence-corrected chi connectivity index (χ4v) is 4.57. The van der Waals surface area contributed by atoms with Crippen LogP contribution in [0.2, 0.25) is 0 Å². The Morgan fingerprint density at radius 2 is 2.11 bits per heavy atom. The minimum atomic E-state index is -0.395. The van der Waals surface area contributed by atoms with Gasteiger partial charge in [-0.1, -0.05) is 6.07 Å². The largest absolute Gasteiger partial charge is 0.494 e. The summed E-state index contributed by atoms with van der Waals surface area (Å²) in [5, 5.41) is 7.33. The van der Waals surface area contributed by atoms with E-state index in [2.05, 4.69) is 10.3 Å². The highest BCUT2D eigenvalue weighted by Gasteiger charge is 2.35. The van der Waals surface area contributed by atoms with Crippen LogP contribution in [0, 0.1) is 5.92 Å². The molecule has 1 N–H and O–H groups in total. The summed E-state index contributed by atoms with van der Waals surface area (Å²) in [4.78, 5) is 32.2. The first kappa shape index (κ1) is 18.6. The predicted octanol–water partition coefficient (Wildman–Crippen LogP) is 4.26. The molecule has 1 unspecified atom stereocenters. The number of carbonyl (C=O) groups is 2. The van der Waals surface area contributed by atoms with Crippen LogP contribution in [0.1, 0.15) is 13.3 Å². The zero-order valence-electron chi connectivity index (χ0n) is 15.3. The maximum Gasteiger partial charge on any atom is 0.231 e. The zero-order chi connectivity index (χ0) is 19.5. The molecule has 2 amide bonds. The number of thiophene rings is 1. The van der Waals surface area contributed by atoms with Crippen LogP contribution in [-0.2, 0) is 9.59 Å². The van der Waals surface area contributed by atoms with Crippen LogP contribution in [0.4, 0.5) is 10.8 Å². The number of nitrogens with one attached hydrogen (secondary N) is 1. The van der Waals surface area contributed by atoms with E-state index in [0.29, 0.717) is 18.3 Å². The van der Waals surface area contributed by atoms with Crippen LogP contribution >= 0.6 is 22.7 Å². The van der Waals surface area contributed by atoms with Gasteiger partial charge in [-0.25, -0.2) is 4.98 Å². The average Bonchev–Trinajstić information content (AvgIpc) is 3.43. The van der Waals surface area contributed by atoms with E-state index in [9.17, 15) is 9.59 Å². The summed E-state index contributed by atoms with van der Waals surface area (Å²) < 4.78 is 5.43. The van der Waals surface area contributed by atoms with Gasteiger partial charge in [0.05, 0.1) is 23.1 Å². The SMILES string of the molecule is CCOc1ccc(N2CC(C(=O)Nc3nc(-c4cccs4)cs3)CC2=O)cc1. The highest BCUT2D eigenvalue weighted by Crippen LogP contribution is 2.30. The van der Waals surface area contributed by atoms with E-state index in [1.165, 1.54) is 11.3 Å². The lowest BCUT2D eigenvalue weighted by Crippen LogP contribution is -2.28. The third-order valence-corrected chi connectivity index (χ3v) is 6.11. The highest BCUT2D eigenvalue weighted by molar-refractivity contribution is 7.16. The number of benzene rings is 1. The van der Waals surface area contributed by atoms with E-state index in [4.69, 9.17) is 4.74 Å². The lowest BCUT2D eigenvalue weighted by atomic mass is 10.1. The number of hydrogen-bond donors (Lipinski definition) is 1. The van der Waals surface area contributed by atoms with E-state index in [1.807, 2.05) is 54.1 Å². The normalized spacial score (nSPS) is 16.4. The molecule has 1 aromatic carbocycles. The Bertz CT molecular complexity index is 967. The van der Waals surface area contributed by atoms with Crippen molar-refractivity contribution >= 4 is 45.3 Å². The Kier molecular flexibility index (Phi) is 5.40. The Hall–Kier alpha value is -2.71. The molecule has 28 heavy (non-hydrogen) atoms. The molecule has 3 aromatic rings. The van der Waals surface area contributed by atoms with Gasteiger partial charge in [0.1, 0.15) is 5.75 Å². The second-order valence-electron chi connectivity index (χ2n) is 6.34. The predicted molar refractivity (Wildman–Crippen MR) is 112 cm³/mol. The van der Waals surface area contributed by atoms with Gasteiger partial charge < -0.3 is 15.0 Å². The molecule has 0 saturated carbocycles. The second kappa shape index (κ2) is 8.12. The molecule has 0 radical (unpaired) electrons. The molecule has 1 fully saturated rings. The van der Waals surface area contributed by atoms with Crippen LogP contribution in [0.5, 0.6) is 5.75 Å². The fourth-order valence-electron chi connectivity index (χ4n) is 3.10. The van der Waals surface area contributed by atoms with Crippen molar-refractivity contribution in [3.63, 3.8) is 0 Å². The summed E-state index contributed by atoms with van der Waals surface area (Å²) in [6.07, 6.45) is 0.197. The molecule has 144 valence electrons. The van der Waals surface area contributed by atoms with Gasteiger partial charge in [0.15, 0.2) is 5.13 Å². The van der Waals surface area contributed by atoms with Gasteiger partial charge in [-0.2, -0.15) is 0 Å². The van der Waals surface area contributed by atoms with Crippen LogP contribution < -0.4 is 15.0 Å². The fraction of sp³-hybridized carbons (Fsp3) is 0.250. The van der Waals surface area contributed by atoms with Crippen LogP contribution in [0.3, 0.4) is 0 Å². The number of ether oxygens (including phenoxy) is 1. The minimum Gasteiger partial charge on any atom is -0.494 e. The average molecular weight is 414 g/mol. The van der Waals surface area contributed by atoms with E-state index in [-0.39, 0.29) is 18.2 Å². The van der Waals surface area contributed by atoms with Crippen molar-refractivity contribution in [2.45, 2.75) is 13.3 Å². The molecule has 8 heteroatoms. The van der Waals surface area contributed by atoms with E-state index < -0.39 is 5.92 Å². The Balaban J connectivity index is 1.40. The van der Waals surface area contributed by atoms with E-state index in [0.717, 1.165) is 22.0 Å². The monoisotopic (exact) mass is 413 g/mol. The lowest BCUT2D eigenvalue weighted by Gasteiger charge is -2.17. The number of amides is 2. The Labute approximate surface area is 170 Å². The van der Waals surface area contributed by atoms with E-state index >= 15 is 0 Å². The first-order valence-electron chi connectivity index (χ1n) is 8.97. The molecule has 4 rings (SSSR count). The molecule has 1 aliphatic heterocycles. The third kappa shape index (κ3) is 3.93.